The quantitative estimate of drug-likeness (QED) is 0.123. The van der Waals surface area contributed by atoms with Gasteiger partial charge < -0.3 is 13.7 Å². The van der Waals surface area contributed by atoms with Crippen molar-refractivity contribution in [2.75, 3.05) is 13.2 Å². The Hall–Kier alpha value is -0.550. The number of unbranched alkanes of at least 4 members (excludes halogenated alkanes) is 6. The van der Waals surface area contributed by atoms with Gasteiger partial charge in [0.25, 0.3) is 0 Å². The molecular weight excluding hydrogens is 332 g/mol. The van der Waals surface area contributed by atoms with E-state index in [1.165, 1.54) is 38.5 Å². The van der Waals surface area contributed by atoms with Crippen molar-refractivity contribution in [2.24, 2.45) is 0 Å². The molecule has 0 spiro atoms. The van der Waals surface area contributed by atoms with E-state index < -0.39 is 5.79 Å². The van der Waals surface area contributed by atoms with Crippen molar-refractivity contribution in [1.29, 1.82) is 0 Å². The smallest absolute Gasteiger partial charge is 0.191 e. The van der Waals surface area contributed by atoms with Gasteiger partial charge in [-0.05, 0) is 32.7 Å². The zero-order valence-corrected chi connectivity index (χ0v) is 16.9. The highest BCUT2D eigenvalue weighted by Gasteiger charge is 2.38. The second-order valence-electron chi connectivity index (χ2n) is 7.04. The molecule has 0 aliphatic heterocycles. The second kappa shape index (κ2) is 12.7. The second-order valence-corrected chi connectivity index (χ2v) is 7.29. The molecule has 0 radical (unpaired) electrons. The minimum absolute atomic E-state index is 0.264. The topological polar surface area (TPSA) is 27.7 Å². The average molecular weight is 369 g/mol. The standard InChI is InChI=1S/C21H36O3S/c1-4-6-7-8-9-10-12-15-21(16-13-11-14-17-21)24-20(3,19-23-25)22-18-5-2/h5,11,13-14,16,25H,2,4,6-10,12,15,17-19H2,1,3H3. The Bertz CT molecular complexity index is 421. The minimum atomic E-state index is -0.841. The van der Waals surface area contributed by atoms with Crippen molar-refractivity contribution < 1.29 is 13.7 Å². The van der Waals surface area contributed by atoms with E-state index in [1.54, 1.807) is 6.08 Å². The highest BCUT2D eigenvalue weighted by Crippen LogP contribution is 2.34. The summed E-state index contributed by atoms with van der Waals surface area (Å²) in [6.07, 6.45) is 21.1. The molecule has 0 saturated heterocycles. The van der Waals surface area contributed by atoms with Gasteiger partial charge in [0, 0.05) is 0 Å². The lowest BCUT2D eigenvalue weighted by Gasteiger charge is -2.40. The van der Waals surface area contributed by atoms with E-state index in [4.69, 9.17) is 13.7 Å². The number of allylic oxidation sites excluding steroid dienone is 2. The number of ether oxygens (including phenoxy) is 2. The number of hydrogen-bond acceptors (Lipinski definition) is 4. The normalized spacial score (nSPS) is 22.0. The van der Waals surface area contributed by atoms with Gasteiger partial charge in [0.2, 0.25) is 0 Å². The lowest BCUT2D eigenvalue weighted by Crippen LogP contribution is -2.46. The first-order valence-electron chi connectivity index (χ1n) is 9.65. The maximum absolute atomic E-state index is 6.47. The molecular formula is C21H36O3S. The van der Waals surface area contributed by atoms with E-state index in [0.717, 1.165) is 19.3 Å². The van der Waals surface area contributed by atoms with E-state index in [0.29, 0.717) is 6.61 Å². The fourth-order valence-electron chi connectivity index (χ4n) is 3.22. The Labute approximate surface area is 160 Å². The Kier molecular flexibility index (Phi) is 11.5. The Morgan fingerprint density at radius 1 is 1.16 bits per heavy atom. The van der Waals surface area contributed by atoms with Gasteiger partial charge in [0.15, 0.2) is 5.79 Å². The Balaban J connectivity index is 2.57. The van der Waals surface area contributed by atoms with Gasteiger partial charge in [-0.3, -0.25) is 0 Å². The molecule has 3 nitrogen and oxygen atoms in total. The SMILES string of the molecule is C=CCOC(C)(COS)OC1(CCCCCCCCC)C=CC=CC1. The van der Waals surface area contributed by atoms with Crippen LogP contribution in [0.3, 0.4) is 0 Å². The van der Waals surface area contributed by atoms with Crippen molar-refractivity contribution in [3.63, 3.8) is 0 Å². The summed E-state index contributed by atoms with van der Waals surface area (Å²) >= 11 is 3.89. The summed E-state index contributed by atoms with van der Waals surface area (Å²) in [5.74, 6) is -0.841. The van der Waals surface area contributed by atoms with Crippen LogP contribution in [0.25, 0.3) is 0 Å². The van der Waals surface area contributed by atoms with Crippen LogP contribution in [0.4, 0.5) is 0 Å². The third kappa shape index (κ3) is 9.09. The molecule has 0 N–H and O–H groups in total. The summed E-state index contributed by atoms with van der Waals surface area (Å²) in [6, 6.07) is 0. The van der Waals surface area contributed by atoms with E-state index in [-0.39, 0.29) is 12.2 Å². The first-order valence-corrected chi connectivity index (χ1v) is 10.0. The summed E-state index contributed by atoms with van der Waals surface area (Å²) in [5.41, 5.74) is -0.333. The van der Waals surface area contributed by atoms with Crippen molar-refractivity contribution in [2.45, 2.75) is 83.0 Å². The van der Waals surface area contributed by atoms with Crippen LogP contribution in [0.15, 0.2) is 37.0 Å². The largest absolute Gasteiger partial charge is 0.344 e. The van der Waals surface area contributed by atoms with Gasteiger partial charge in [0.05, 0.1) is 12.2 Å². The van der Waals surface area contributed by atoms with Crippen LogP contribution in [-0.2, 0) is 13.7 Å². The number of rotatable bonds is 15. The molecule has 0 saturated carbocycles. The molecule has 1 aliphatic carbocycles. The number of thiol groups is 1. The van der Waals surface area contributed by atoms with Crippen molar-refractivity contribution >= 4 is 12.9 Å². The molecule has 1 rings (SSSR count). The number of hydrogen-bond donors (Lipinski definition) is 1. The summed E-state index contributed by atoms with van der Waals surface area (Å²) in [5, 5.41) is 0. The zero-order valence-electron chi connectivity index (χ0n) is 16.0. The van der Waals surface area contributed by atoms with Crippen molar-refractivity contribution in [1.82, 2.24) is 0 Å². The Morgan fingerprint density at radius 3 is 2.48 bits per heavy atom. The van der Waals surface area contributed by atoms with E-state index in [1.807, 2.05) is 6.92 Å². The van der Waals surface area contributed by atoms with Crippen LogP contribution < -0.4 is 0 Å². The molecule has 144 valence electrons. The molecule has 0 bridgehead atoms. The van der Waals surface area contributed by atoms with E-state index in [2.05, 4.69) is 50.7 Å². The predicted octanol–water partition coefficient (Wildman–Crippen LogP) is 6.18. The fourth-order valence-corrected chi connectivity index (χ4v) is 3.46. The van der Waals surface area contributed by atoms with E-state index >= 15 is 0 Å². The summed E-state index contributed by atoms with van der Waals surface area (Å²) in [6.45, 7) is 8.56. The van der Waals surface area contributed by atoms with Gasteiger partial charge in [-0.1, -0.05) is 82.2 Å². The molecule has 0 aromatic rings. The first-order chi connectivity index (χ1) is 12.1. The first kappa shape index (κ1) is 22.5. The van der Waals surface area contributed by atoms with Gasteiger partial charge in [-0.25, -0.2) is 0 Å². The summed E-state index contributed by atoms with van der Waals surface area (Å²) < 4.78 is 17.4. The lowest BCUT2D eigenvalue weighted by atomic mass is 9.88. The summed E-state index contributed by atoms with van der Waals surface area (Å²) in [4.78, 5) is 0. The molecule has 0 amide bonds. The molecule has 1 aliphatic rings. The molecule has 2 unspecified atom stereocenters. The van der Waals surface area contributed by atoms with Crippen LogP contribution in [0, 0.1) is 0 Å². The van der Waals surface area contributed by atoms with Crippen LogP contribution in [-0.4, -0.2) is 24.6 Å². The van der Waals surface area contributed by atoms with Gasteiger partial charge in [0.1, 0.15) is 6.61 Å². The average Bonchev–Trinajstić information content (AvgIpc) is 2.60. The predicted molar refractivity (Wildman–Crippen MR) is 109 cm³/mol. The molecule has 0 aromatic carbocycles. The molecule has 25 heavy (non-hydrogen) atoms. The van der Waals surface area contributed by atoms with Gasteiger partial charge >= 0.3 is 0 Å². The van der Waals surface area contributed by atoms with E-state index in [9.17, 15) is 0 Å². The molecule has 0 fully saturated rings. The third-order valence-electron chi connectivity index (χ3n) is 4.57. The molecule has 4 heteroatoms. The van der Waals surface area contributed by atoms with Gasteiger partial charge in [-0.2, -0.15) is 0 Å². The zero-order chi connectivity index (χ0) is 18.4. The highest BCUT2D eigenvalue weighted by atomic mass is 32.1. The summed E-state index contributed by atoms with van der Waals surface area (Å²) in [7, 11) is 0. The van der Waals surface area contributed by atoms with Gasteiger partial charge in [-0.15, -0.1) is 6.58 Å². The highest BCUT2D eigenvalue weighted by molar-refractivity contribution is 7.75. The monoisotopic (exact) mass is 368 g/mol. The van der Waals surface area contributed by atoms with Crippen LogP contribution in [0.1, 0.15) is 71.6 Å². The Morgan fingerprint density at radius 2 is 1.88 bits per heavy atom. The third-order valence-corrected chi connectivity index (χ3v) is 4.70. The van der Waals surface area contributed by atoms with Crippen molar-refractivity contribution in [3.05, 3.63) is 37.0 Å². The minimum Gasteiger partial charge on any atom is -0.344 e. The maximum Gasteiger partial charge on any atom is 0.191 e. The maximum atomic E-state index is 6.47. The van der Waals surface area contributed by atoms with Crippen LogP contribution in [0.5, 0.6) is 0 Å². The molecule has 0 aromatic heterocycles. The fraction of sp³-hybridized carbons (Fsp3) is 0.714. The van der Waals surface area contributed by atoms with Crippen molar-refractivity contribution in [3.8, 4) is 0 Å². The molecule has 0 heterocycles. The van der Waals surface area contributed by atoms with Crippen LogP contribution >= 0.6 is 12.9 Å². The lowest BCUT2D eigenvalue weighted by molar-refractivity contribution is -0.275. The van der Waals surface area contributed by atoms with Crippen LogP contribution in [0.2, 0.25) is 0 Å². The molecule has 2 atom stereocenters.